The standard InChI is InChI=1S/C24H16O8/c1-11-3-6-19-17(7-11)22-18(24(28)31-19)9-16(23(27)32-22)15-10-21(26)30-20-8-13(29-12(2)25)4-5-14(15)20/h3-10,24,28H,1-2H3. The summed E-state index contributed by atoms with van der Waals surface area (Å²) in [6.07, 6.45) is -1.36. The first-order chi connectivity index (χ1) is 15.3. The molecule has 1 aliphatic rings. The maximum atomic E-state index is 13.0. The fourth-order valence-electron chi connectivity index (χ4n) is 3.77. The highest BCUT2D eigenvalue weighted by atomic mass is 16.6. The second kappa shape index (κ2) is 7.21. The van der Waals surface area contributed by atoms with Crippen LogP contribution in [0.4, 0.5) is 0 Å². The van der Waals surface area contributed by atoms with Crippen LogP contribution in [-0.2, 0) is 4.79 Å². The van der Waals surface area contributed by atoms with E-state index in [9.17, 15) is 19.5 Å². The summed E-state index contributed by atoms with van der Waals surface area (Å²) in [5.41, 5.74) is 0.777. The van der Waals surface area contributed by atoms with Crippen molar-refractivity contribution >= 4 is 16.9 Å². The highest BCUT2D eigenvalue weighted by Crippen LogP contribution is 2.42. The Morgan fingerprint density at radius 3 is 2.56 bits per heavy atom. The summed E-state index contributed by atoms with van der Waals surface area (Å²) < 4.78 is 21.4. The zero-order valence-corrected chi connectivity index (χ0v) is 17.0. The van der Waals surface area contributed by atoms with Gasteiger partial charge >= 0.3 is 17.2 Å². The minimum atomic E-state index is -1.36. The molecule has 1 unspecified atom stereocenters. The number of aliphatic hydroxyl groups excluding tert-OH is 1. The van der Waals surface area contributed by atoms with Gasteiger partial charge in [-0.2, -0.15) is 0 Å². The third-order valence-corrected chi connectivity index (χ3v) is 5.13. The van der Waals surface area contributed by atoms with Crippen LogP contribution in [-0.4, -0.2) is 11.1 Å². The number of esters is 1. The Morgan fingerprint density at radius 1 is 0.969 bits per heavy atom. The highest BCUT2D eigenvalue weighted by molar-refractivity contribution is 5.94. The quantitative estimate of drug-likeness (QED) is 0.290. The SMILES string of the molecule is CC(=O)Oc1ccc2c(-c3cc4c(oc3=O)-c3cc(C)ccc3OC4O)cc(=O)oc2c1. The number of carbonyl (C=O) groups excluding carboxylic acids is 1. The molecule has 0 radical (unpaired) electrons. The number of aliphatic hydroxyl groups is 1. The third kappa shape index (κ3) is 3.27. The van der Waals surface area contributed by atoms with Gasteiger partial charge in [0.25, 0.3) is 0 Å². The molecule has 8 heteroatoms. The lowest BCUT2D eigenvalue weighted by atomic mass is 9.97. The molecule has 0 spiro atoms. The van der Waals surface area contributed by atoms with E-state index in [0.717, 1.165) is 5.56 Å². The second-order valence-corrected chi connectivity index (χ2v) is 7.43. The number of hydrogen-bond acceptors (Lipinski definition) is 8. The molecule has 0 saturated heterocycles. The average molecular weight is 432 g/mol. The Balaban J connectivity index is 1.73. The number of carbonyl (C=O) groups is 1. The Bertz CT molecular complexity index is 1530. The van der Waals surface area contributed by atoms with Crippen molar-refractivity contribution in [3.63, 3.8) is 0 Å². The summed E-state index contributed by atoms with van der Waals surface area (Å²) in [6.45, 7) is 3.14. The molecule has 0 amide bonds. The predicted octanol–water partition coefficient (Wildman–Crippen LogP) is 3.70. The molecule has 2 aromatic heterocycles. The van der Waals surface area contributed by atoms with Gasteiger partial charge in [0.05, 0.1) is 16.7 Å². The first-order valence-electron chi connectivity index (χ1n) is 9.70. The maximum Gasteiger partial charge on any atom is 0.344 e. The lowest BCUT2D eigenvalue weighted by molar-refractivity contribution is -0.131. The Morgan fingerprint density at radius 2 is 1.78 bits per heavy atom. The van der Waals surface area contributed by atoms with Gasteiger partial charge in [0, 0.05) is 30.0 Å². The summed E-state index contributed by atoms with van der Waals surface area (Å²) in [6, 6.07) is 12.4. The van der Waals surface area contributed by atoms with Crippen LogP contribution >= 0.6 is 0 Å². The van der Waals surface area contributed by atoms with E-state index in [1.807, 2.05) is 13.0 Å². The number of aryl methyl sites for hydroxylation is 1. The molecule has 0 saturated carbocycles. The second-order valence-electron chi connectivity index (χ2n) is 7.43. The first kappa shape index (κ1) is 19.8. The van der Waals surface area contributed by atoms with Crippen LogP contribution in [0.15, 0.2) is 67.0 Å². The molecule has 8 nitrogen and oxygen atoms in total. The third-order valence-electron chi connectivity index (χ3n) is 5.13. The molecule has 3 heterocycles. The van der Waals surface area contributed by atoms with Gasteiger partial charge in [0.2, 0.25) is 6.29 Å². The zero-order valence-electron chi connectivity index (χ0n) is 17.0. The summed E-state index contributed by atoms with van der Waals surface area (Å²) in [4.78, 5) is 36.4. The lowest BCUT2D eigenvalue weighted by Crippen LogP contribution is -2.17. The molecule has 1 atom stereocenters. The van der Waals surface area contributed by atoms with E-state index < -0.39 is 23.5 Å². The molecule has 32 heavy (non-hydrogen) atoms. The van der Waals surface area contributed by atoms with Crippen molar-refractivity contribution in [1.29, 1.82) is 0 Å². The van der Waals surface area contributed by atoms with Crippen molar-refractivity contribution in [2.75, 3.05) is 0 Å². The van der Waals surface area contributed by atoms with E-state index in [1.54, 1.807) is 18.2 Å². The molecular weight excluding hydrogens is 416 g/mol. The minimum absolute atomic E-state index is 0.0561. The van der Waals surface area contributed by atoms with Gasteiger partial charge in [-0.25, -0.2) is 9.59 Å². The smallest absolute Gasteiger partial charge is 0.344 e. The van der Waals surface area contributed by atoms with Crippen molar-refractivity contribution in [3.05, 3.63) is 80.5 Å². The van der Waals surface area contributed by atoms with E-state index in [0.29, 0.717) is 16.7 Å². The van der Waals surface area contributed by atoms with E-state index >= 15 is 0 Å². The van der Waals surface area contributed by atoms with Crippen molar-refractivity contribution in [2.24, 2.45) is 0 Å². The number of ether oxygens (including phenoxy) is 2. The molecule has 1 aliphatic heterocycles. The van der Waals surface area contributed by atoms with Crippen LogP contribution in [0.25, 0.3) is 33.4 Å². The fourth-order valence-corrected chi connectivity index (χ4v) is 3.77. The number of rotatable bonds is 2. The van der Waals surface area contributed by atoms with Gasteiger partial charge in [0.15, 0.2) is 5.76 Å². The van der Waals surface area contributed by atoms with Crippen LogP contribution in [0.5, 0.6) is 11.5 Å². The van der Waals surface area contributed by atoms with Crippen LogP contribution in [0.1, 0.15) is 24.3 Å². The minimum Gasteiger partial charge on any atom is -0.460 e. The van der Waals surface area contributed by atoms with Gasteiger partial charge in [-0.3, -0.25) is 4.79 Å². The molecular formula is C24H16O8. The molecule has 0 fully saturated rings. The van der Waals surface area contributed by atoms with Crippen LogP contribution < -0.4 is 20.7 Å². The summed E-state index contributed by atoms with van der Waals surface area (Å²) in [5.74, 6) is 0.275. The van der Waals surface area contributed by atoms with E-state index in [4.69, 9.17) is 18.3 Å². The van der Waals surface area contributed by atoms with Crippen molar-refractivity contribution in [3.8, 4) is 33.9 Å². The van der Waals surface area contributed by atoms with Crippen molar-refractivity contribution < 1.29 is 28.2 Å². The molecule has 4 aromatic rings. The van der Waals surface area contributed by atoms with Gasteiger partial charge in [-0.05, 0) is 37.3 Å². The van der Waals surface area contributed by atoms with Crippen molar-refractivity contribution in [2.45, 2.75) is 20.1 Å². The Labute approximate surface area is 180 Å². The normalized spacial score (nSPS) is 14.4. The Hall–Kier alpha value is -4.17. The van der Waals surface area contributed by atoms with Gasteiger partial charge in [-0.15, -0.1) is 0 Å². The average Bonchev–Trinajstić information content (AvgIpc) is 2.73. The molecule has 1 N–H and O–H groups in total. The van der Waals surface area contributed by atoms with E-state index in [2.05, 4.69) is 0 Å². The largest absolute Gasteiger partial charge is 0.460 e. The van der Waals surface area contributed by atoms with Gasteiger partial charge in [0.1, 0.15) is 17.1 Å². The van der Waals surface area contributed by atoms with Crippen LogP contribution in [0, 0.1) is 6.92 Å². The molecule has 2 aromatic carbocycles. The first-order valence-corrected chi connectivity index (χ1v) is 9.70. The molecule has 0 aliphatic carbocycles. The predicted molar refractivity (Wildman–Crippen MR) is 114 cm³/mol. The number of benzene rings is 2. The molecule has 0 bridgehead atoms. The fraction of sp³-hybridized carbons (Fsp3) is 0.125. The summed E-state index contributed by atoms with van der Waals surface area (Å²) in [5, 5.41) is 10.9. The van der Waals surface area contributed by atoms with E-state index in [1.165, 1.54) is 31.2 Å². The van der Waals surface area contributed by atoms with Crippen LogP contribution in [0.2, 0.25) is 0 Å². The monoisotopic (exact) mass is 432 g/mol. The van der Waals surface area contributed by atoms with E-state index in [-0.39, 0.29) is 33.8 Å². The van der Waals surface area contributed by atoms with Crippen LogP contribution in [0.3, 0.4) is 0 Å². The van der Waals surface area contributed by atoms with Crippen molar-refractivity contribution in [1.82, 2.24) is 0 Å². The molecule has 160 valence electrons. The lowest BCUT2D eigenvalue weighted by Gasteiger charge is -2.24. The maximum absolute atomic E-state index is 13.0. The highest BCUT2D eigenvalue weighted by Gasteiger charge is 2.29. The number of fused-ring (bicyclic) bond motifs is 4. The summed E-state index contributed by atoms with van der Waals surface area (Å²) >= 11 is 0. The summed E-state index contributed by atoms with van der Waals surface area (Å²) in [7, 11) is 0. The Kier molecular flexibility index (Phi) is 4.45. The zero-order chi connectivity index (χ0) is 22.6. The van der Waals surface area contributed by atoms with Gasteiger partial charge in [-0.1, -0.05) is 11.6 Å². The number of hydrogen-bond donors (Lipinski definition) is 1. The molecule has 5 rings (SSSR count). The van der Waals surface area contributed by atoms with Gasteiger partial charge < -0.3 is 23.4 Å². The topological polar surface area (TPSA) is 116 Å².